The first-order chi connectivity index (χ1) is 11.4. The van der Waals surface area contributed by atoms with Gasteiger partial charge >= 0.3 is 0 Å². The molecule has 4 heteroatoms. The Morgan fingerprint density at radius 2 is 1.35 bits per heavy atom. The molecule has 114 valence electrons. The Morgan fingerprint density at radius 1 is 0.696 bits per heavy atom. The minimum Gasteiger partial charge on any atom is -0.305 e. The molecule has 23 heavy (non-hydrogen) atoms. The van der Waals surface area contributed by atoms with Gasteiger partial charge in [0.25, 0.3) is 0 Å². The second kappa shape index (κ2) is 8.27. The van der Waals surface area contributed by atoms with Gasteiger partial charge in [0, 0.05) is 12.0 Å². The largest absolute Gasteiger partial charge is 0.305 e. The van der Waals surface area contributed by atoms with E-state index < -0.39 is 0 Å². The predicted molar refractivity (Wildman–Crippen MR) is 94.1 cm³/mol. The van der Waals surface area contributed by atoms with Gasteiger partial charge in [0.1, 0.15) is 5.69 Å². The lowest BCUT2D eigenvalue weighted by Gasteiger charge is -2.05. The highest BCUT2D eigenvalue weighted by molar-refractivity contribution is 7.94. The van der Waals surface area contributed by atoms with E-state index in [0.717, 1.165) is 21.8 Å². The van der Waals surface area contributed by atoms with Crippen LogP contribution in [0, 0.1) is 0 Å². The lowest BCUT2D eigenvalue weighted by Crippen LogP contribution is -1.85. The molecule has 0 heterocycles. The minimum atomic E-state index is 0.551. The van der Waals surface area contributed by atoms with Gasteiger partial charge in [0.05, 0.1) is 17.2 Å². The smallest absolute Gasteiger partial charge is 0.102 e. The van der Waals surface area contributed by atoms with Crippen LogP contribution in [0.2, 0.25) is 0 Å². The maximum absolute atomic E-state index is 5.71. The third kappa shape index (κ3) is 4.77. The second-order valence-electron chi connectivity index (χ2n) is 4.83. The van der Waals surface area contributed by atoms with Crippen molar-refractivity contribution >= 4 is 23.4 Å². The number of benzene rings is 3. The van der Waals surface area contributed by atoms with Crippen LogP contribution in [0.25, 0.3) is 0 Å². The molecule has 0 unspecified atom stereocenters. The third-order valence-electron chi connectivity index (χ3n) is 3.11. The fraction of sp³-hybridized carbons (Fsp3) is 0.0526. The highest BCUT2D eigenvalue weighted by Gasteiger charge is 2.03. The van der Waals surface area contributed by atoms with E-state index in [-0.39, 0.29) is 0 Å². The van der Waals surface area contributed by atoms with Gasteiger partial charge in [-0.3, -0.25) is 0 Å². The Hall–Kier alpha value is -2.43. The van der Waals surface area contributed by atoms with Crippen LogP contribution in [0.4, 0.5) is 11.4 Å². The van der Waals surface area contributed by atoms with Crippen molar-refractivity contribution in [2.24, 2.45) is 10.2 Å². The van der Waals surface area contributed by atoms with Crippen molar-refractivity contribution in [3.05, 3.63) is 90.5 Å². The maximum atomic E-state index is 5.71. The summed E-state index contributed by atoms with van der Waals surface area (Å²) in [6.45, 7) is 0.551. The Kier molecular flexibility index (Phi) is 5.56. The quantitative estimate of drug-likeness (QED) is 0.393. The van der Waals surface area contributed by atoms with E-state index in [4.69, 9.17) is 4.18 Å². The Bertz CT molecular complexity index is 761. The van der Waals surface area contributed by atoms with Crippen LogP contribution in [-0.2, 0) is 10.8 Å². The van der Waals surface area contributed by atoms with Crippen LogP contribution >= 0.6 is 12.0 Å². The average molecular weight is 320 g/mol. The number of hydrogen-bond acceptors (Lipinski definition) is 4. The molecule has 0 fully saturated rings. The Labute approximate surface area is 140 Å². The van der Waals surface area contributed by atoms with E-state index in [0.29, 0.717) is 6.61 Å². The highest BCUT2D eigenvalue weighted by Crippen LogP contribution is 2.31. The molecular weight excluding hydrogens is 304 g/mol. The van der Waals surface area contributed by atoms with Crippen molar-refractivity contribution in [2.75, 3.05) is 0 Å². The molecule has 0 radical (unpaired) electrons. The van der Waals surface area contributed by atoms with Crippen molar-refractivity contribution in [3.8, 4) is 0 Å². The molecule has 3 nitrogen and oxygen atoms in total. The summed E-state index contributed by atoms with van der Waals surface area (Å²) >= 11 is 1.32. The molecule has 0 amide bonds. The molecule has 0 aliphatic carbocycles. The lowest BCUT2D eigenvalue weighted by atomic mass is 10.2. The third-order valence-corrected chi connectivity index (χ3v) is 3.87. The van der Waals surface area contributed by atoms with E-state index in [1.54, 1.807) is 0 Å². The van der Waals surface area contributed by atoms with Gasteiger partial charge in [-0.15, -0.1) is 5.11 Å². The maximum Gasteiger partial charge on any atom is 0.102 e. The minimum absolute atomic E-state index is 0.551. The summed E-state index contributed by atoms with van der Waals surface area (Å²) in [6, 6.07) is 27.6. The zero-order valence-corrected chi connectivity index (χ0v) is 13.3. The first kappa shape index (κ1) is 15.5. The molecule has 0 bridgehead atoms. The van der Waals surface area contributed by atoms with Crippen LogP contribution in [0.5, 0.6) is 0 Å². The first-order valence-corrected chi connectivity index (χ1v) is 8.05. The van der Waals surface area contributed by atoms with Crippen molar-refractivity contribution in [1.82, 2.24) is 0 Å². The zero-order chi connectivity index (χ0) is 15.7. The van der Waals surface area contributed by atoms with Crippen LogP contribution in [-0.4, -0.2) is 0 Å². The summed E-state index contributed by atoms with van der Waals surface area (Å²) in [7, 11) is 0. The summed E-state index contributed by atoms with van der Waals surface area (Å²) in [5.41, 5.74) is 2.77. The Balaban J connectivity index is 1.65. The Morgan fingerprint density at radius 3 is 2.13 bits per heavy atom. The van der Waals surface area contributed by atoms with Crippen LogP contribution in [0.3, 0.4) is 0 Å². The molecule has 0 saturated heterocycles. The van der Waals surface area contributed by atoms with Crippen LogP contribution in [0.15, 0.2) is 100 Å². The number of nitrogens with zero attached hydrogens (tertiary/aromatic N) is 2. The summed E-state index contributed by atoms with van der Waals surface area (Å²) in [4.78, 5) is 0.947. The fourth-order valence-corrected chi connectivity index (χ4v) is 2.60. The van der Waals surface area contributed by atoms with Gasteiger partial charge in [-0.2, -0.15) is 5.11 Å². The molecule has 0 aliphatic heterocycles. The average Bonchev–Trinajstić information content (AvgIpc) is 2.63. The van der Waals surface area contributed by atoms with E-state index >= 15 is 0 Å². The van der Waals surface area contributed by atoms with Crippen molar-refractivity contribution in [3.63, 3.8) is 0 Å². The van der Waals surface area contributed by atoms with Crippen LogP contribution < -0.4 is 0 Å². The molecule has 0 aromatic heterocycles. The summed E-state index contributed by atoms with van der Waals surface area (Å²) in [6.07, 6.45) is 0. The van der Waals surface area contributed by atoms with Crippen LogP contribution in [0.1, 0.15) is 5.56 Å². The first-order valence-electron chi connectivity index (χ1n) is 7.31. The van der Waals surface area contributed by atoms with Crippen molar-refractivity contribution < 1.29 is 4.18 Å². The molecule has 0 saturated carbocycles. The molecule has 0 atom stereocenters. The van der Waals surface area contributed by atoms with Gasteiger partial charge in [0.2, 0.25) is 0 Å². The zero-order valence-electron chi connectivity index (χ0n) is 12.5. The van der Waals surface area contributed by atoms with E-state index in [1.807, 2.05) is 84.9 Å². The number of hydrogen-bond donors (Lipinski definition) is 0. The predicted octanol–water partition coefficient (Wildman–Crippen LogP) is 6.33. The molecular formula is C19H16N2OS. The molecule has 0 aliphatic rings. The SMILES string of the molecule is c1ccc(COSc2ccccc2N=Nc2ccccc2)cc1. The van der Waals surface area contributed by atoms with Gasteiger partial charge in [-0.25, -0.2) is 0 Å². The molecule has 3 aromatic rings. The molecule has 3 rings (SSSR count). The fourth-order valence-electron chi connectivity index (χ4n) is 1.95. The highest BCUT2D eigenvalue weighted by atomic mass is 32.2. The molecule has 3 aromatic carbocycles. The van der Waals surface area contributed by atoms with E-state index in [1.165, 1.54) is 12.0 Å². The van der Waals surface area contributed by atoms with Gasteiger partial charge in [0.15, 0.2) is 0 Å². The summed E-state index contributed by atoms with van der Waals surface area (Å²) < 4.78 is 5.71. The standard InChI is InChI=1S/C19H16N2OS/c1-3-9-16(10-4-1)15-22-23-19-14-8-7-13-18(19)21-20-17-11-5-2-6-12-17/h1-14H,15H2. The molecule has 0 spiro atoms. The van der Waals surface area contributed by atoms with Gasteiger partial charge in [-0.1, -0.05) is 60.7 Å². The van der Waals surface area contributed by atoms with E-state index in [2.05, 4.69) is 10.2 Å². The van der Waals surface area contributed by atoms with Gasteiger partial charge < -0.3 is 4.18 Å². The number of rotatable bonds is 6. The topological polar surface area (TPSA) is 34.0 Å². The number of azo groups is 1. The monoisotopic (exact) mass is 320 g/mol. The second-order valence-corrected chi connectivity index (χ2v) is 5.68. The van der Waals surface area contributed by atoms with Crippen molar-refractivity contribution in [1.29, 1.82) is 0 Å². The van der Waals surface area contributed by atoms with E-state index in [9.17, 15) is 0 Å². The summed E-state index contributed by atoms with van der Waals surface area (Å²) in [5, 5.41) is 8.59. The summed E-state index contributed by atoms with van der Waals surface area (Å²) in [5.74, 6) is 0. The normalized spacial score (nSPS) is 11.0. The lowest BCUT2D eigenvalue weighted by molar-refractivity contribution is 0.364. The van der Waals surface area contributed by atoms with Gasteiger partial charge in [-0.05, 0) is 29.8 Å². The van der Waals surface area contributed by atoms with Crippen molar-refractivity contribution in [2.45, 2.75) is 11.5 Å². The molecule has 0 N–H and O–H groups in total.